The zero-order valence-corrected chi connectivity index (χ0v) is 40.8. The highest BCUT2D eigenvalue weighted by molar-refractivity contribution is 6.14. The first-order valence-electron chi connectivity index (χ1n) is 23.9. The summed E-state index contributed by atoms with van der Waals surface area (Å²) < 4.78 is 60.6. The molecule has 1 aromatic carbocycles. The number of carbonyl (C=O) groups is 4. The second kappa shape index (κ2) is 37.6. The smallest absolute Gasteiger partial charge is 0.273 e. The van der Waals surface area contributed by atoms with Gasteiger partial charge in [-0.2, -0.15) is 0 Å². The van der Waals surface area contributed by atoms with Gasteiger partial charge in [0.2, 0.25) is 5.91 Å². The molecule has 3 heterocycles. The molecule has 2 aromatic rings. The predicted molar refractivity (Wildman–Crippen MR) is 257 cm³/mol. The van der Waals surface area contributed by atoms with Gasteiger partial charge in [0.25, 0.3) is 17.7 Å². The lowest BCUT2D eigenvalue weighted by atomic mass is 10.0. The van der Waals surface area contributed by atoms with Gasteiger partial charge < -0.3 is 63.2 Å². The number of benzene rings is 1. The average molecular weight is 1000 g/mol. The summed E-state index contributed by atoms with van der Waals surface area (Å²) in [6.45, 7) is 11.7. The average Bonchev–Trinajstić information content (AvgIpc) is 3.58. The van der Waals surface area contributed by atoms with E-state index in [-0.39, 0.29) is 45.2 Å². The molecule has 0 bridgehead atoms. The third-order valence-electron chi connectivity index (χ3n) is 9.78. The highest BCUT2D eigenvalue weighted by atomic mass is 16.7. The zero-order valence-electron chi connectivity index (χ0n) is 40.8. The van der Waals surface area contributed by atoms with Crippen molar-refractivity contribution >= 4 is 41.2 Å². The summed E-state index contributed by atoms with van der Waals surface area (Å²) in [5.41, 5.74) is 9.94. The van der Waals surface area contributed by atoms with Crippen molar-refractivity contribution in [3.63, 3.8) is 0 Å². The van der Waals surface area contributed by atoms with E-state index in [1.165, 1.54) is 11.4 Å². The van der Waals surface area contributed by atoms with Crippen molar-refractivity contribution in [3.8, 4) is 11.1 Å². The predicted octanol–water partition coefficient (Wildman–Crippen LogP) is 1.31. The number of aliphatic imine (C=N–C) groups is 1. The molecule has 3 N–H and O–H groups in total. The highest BCUT2D eigenvalue weighted by Crippen LogP contribution is 2.31. The summed E-state index contributed by atoms with van der Waals surface area (Å²) in [5, 5.41) is 3.95. The summed E-state index contributed by atoms with van der Waals surface area (Å²) in [7, 11) is 0. The van der Waals surface area contributed by atoms with Gasteiger partial charge in [-0.1, -0.05) is 19.1 Å². The monoisotopic (exact) mass is 1000 g/mol. The number of aromatic nitrogens is 2. The first-order valence-corrected chi connectivity index (χ1v) is 23.9. The number of hydrogen-bond donors (Lipinski definition) is 2. The molecule has 0 saturated heterocycles. The van der Waals surface area contributed by atoms with E-state index >= 15 is 0 Å². The van der Waals surface area contributed by atoms with Crippen LogP contribution >= 0.6 is 0 Å². The van der Waals surface area contributed by atoms with Crippen LogP contribution < -0.4 is 11.1 Å². The number of amidine groups is 1. The van der Waals surface area contributed by atoms with Gasteiger partial charge >= 0.3 is 0 Å². The Morgan fingerprint density at radius 2 is 1.06 bits per heavy atom. The number of imide groups is 1. The van der Waals surface area contributed by atoms with Crippen LogP contribution in [0.5, 0.6) is 0 Å². The Bertz CT molecular complexity index is 1910. The Hall–Kier alpha value is -5.15. The molecule has 4 rings (SSSR count). The van der Waals surface area contributed by atoms with Crippen LogP contribution in [-0.4, -0.2) is 221 Å². The van der Waals surface area contributed by atoms with E-state index in [0.717, 1.165) is 33.7 Å². The Kier molecular flexibility index (Phi) is 30.9. The number of nitrogens with two attached hydrogens (primary N) is 1. The van der Waals surface area contributed by atoms with Crippen LogP contribution in [0.25, 0.3) is 17.2 Å². The van der Waals surface area contributed by atoms with E-state index in [1.807, 2.05) is 31.2 Å². The van der Waals surface area contributed by atoms with E-state index in [4.69, 9.17) is 62.7 Å². The molecule has 0 spiro atoms. The number of hydrogen-bond acceptors (Lipinski definition) is 20. The number of rotatable bonds is 43. The Morgan fingerprint density at radius 1 is 0.620 bits per heavy atom. The van der Waals surface area contributed by atoms with E-state index in [9.17, 15) is 19.2 Å². The van der Waals surface area contributed by atoms with Gasteiger partial charge in [-0.05, 0) is 24.1 Å². The largest absolute Gasteiger partial charge is 0.387 e. The van der Waals surface area contributed by atoms with E-state index in [2.05, 4.69) is 20.3 Å². The molecule has 0 atom stereocenters. The van der Waals surface area contributed by atoms with Crippen LogP contribution in [0.1, 0.15) is 25.3 Å². The van der Waals surface area contributed by atoms with Crippen LogP contribution in [-0.2, 0) is 76.1 Å². The topological polar surface area (TPSA) is 262 Å². The van der Waals surface area contributed by atoms with Crippen LogP contribution in [0.2, 0.25) is 0 Å². The van der Waals surface area contributed by atoms with E-state index in [1.54, 1.807) is 12.4 Å². The molecular formula is C48H71N7O16. The number of ether oxygens (including phenoxy) is 11. The van der Waals surface area contributed by atoms with Crippen LogP contribution in [0.4, 0.5) is 5.69 Å². The van der Waals surface area contributed by atoms with Gasteiger partial charge in [-0.3, -0.25) is 28.9 Å². The standard InChI is InChI=1S/C48H71N7O16/c1-2-8-55(48(59)41-32-40-4-3-39(42-35-50-38-51-36-42)33-43(40)53-44(49)34-41)71-31-30-70-29-28-69-27-26-68-25-24-67-23-22-66-21-20-65-19-18-64-17-16-63-15-14-62-13-12-61-11-10-60-9-7-52-45(56)37-54-46(57)5-6-47(54)58/h3-6,32-33,35-36,38H,2,7-31,34,37H2,1H3,(H2,49,53)(H,52,56). The number of amides is 4. The van der Waals surface area contributed by atoms with Crippen LogP contribution in [0.15, 0.2) is 59.6 Å². The van der Waals surface area contributed by atoms with Crippen LogP contribution in [0.3, 0.4) is 0 Å². The number of hydroxylamine groups is 2. The van der Waals surface area contributed by atoms with Crippen LogP contribution in [0, 0.1) is 0 Å². The molecule has 0 radical (unpaired) electrons. The quantitative estimate of drug-likeness (QED) is 0.0539. The maximum absolute atomic E-state index is 13.5. The summed E-state index contributed by atoms with van der Waals surface area (Å²) >= 11 is 0. The van der Waals surface area contributed by atoms with Gasteiger partial charge in [0.1, 0.15) is 18.7 Å². The molecule has 394 valence electrons. The molecule has 2 aliphatic heterocycles. The van der Waals surface area contributed by atoms with Gasteiger partial charge in [0.05, 0.1) is 158 Å². The molecular weight excluding hydrogens is 931 g/mol. The molecule has 4 amide bonds. The minimum atomic E-state index is -0.497. The Labute approximate surface area is 415 Å². The van der Waals surface area contributed by atoms with Crippen molar-refractivity contribution in [3.05, 3.63) is 60.2 Å². The number of nitrogens with zero attached hydrogens (tertiary/aromatic N) is 5. The molecule has 0 aliphatic carbocycles. The second-order valence-corrected chi connectivity index (χ2v) is 15.3. The minimum absolute atomic E-state index is 0.199. The van der Waals surface area contributed by atoms with Crippen molar-refractivity contribution in [1.82, 2.24) is 25.2 Å². The maximum atomic E-state index is 13.5. The van der Waals surface area contributed by atoms with Gasteiger partial charge in [-0.15, -0.1) is 0 Å². The molecule has 23 heteroatoms. The molecule has 0 fully saturated rings. The summed E-state index contributed by atoms with van der Waals surface area (Å²) in [4.78, 5) is 67.7. The number of fused-ring (bicyclic) bond motifs is 1. The highest BCUT2D eigenvalue weighted by Gasteiger charge is 2.25. The van der Waals surface area contributed by atoms with Crippen molar-refractivity contribution in [1.29, 1.82) is 0 Å². The lowest BCUT2D eigenvalue weighted by Gasteiger charge is -2.22. The molecule has 0 unspecified atom stereocenters. The second-order valence-electron chi connectivity index (χ2n) is 15.3. The Morgan fingerprint density at radius 3 is 1.51 bits per heavy atom. The number of nitrogens with one attached hydrogen (secondary N) is 1. The lowest BCUT2D eigenvalue weighted by molar-refractivity contribution is -0.187. The van der Waals surface area contributed by atoms with Crippen molar-refractivity contribution in [2.45, 2.75) is 19.8 Å². The molecule has 23 nitrogen and oxygen atoms in total. The van der Waals surface area contributed by atoms with Gasteiger partial charge in [0, 0.05) is 60.8 Å². The third kappa shape index (κ3) is 25.7. The first kappa shape index (κ1) is 58.4. The fourth-order valence-electron chi connectivity index (χ4n) is 6.30. The molecule has 71 heavy (non-hydrogen) atoms. The fraction of sp³-hybridized carbons (Fsp3) is 0.604. The summed E-state index contributed by atoms with van der Waals surface area (Å²) in [5.74, 6) is -1.36. The lowest BCUT2D eigenvalue weighted by Crippen LogP contribution is -2.41. The van der Waals surface area contributed by atoms with Gasteiger partial charge in [-0.25, -0.2) is 20.0 Å². The maximum Gasteiger partial charge on any atom is 0.273 e. The van der Waals surface area contributed by atoms with E-state index < -0.39 is 17.7 Å². The third-order valence-corrected chi connectivity index (χ3v) is 9.78. The van der Waals surface area contributed by atoms with Crippen molar-refractivity contribution < 1.29 is 76.1 Å². The summed E-state index contributed by atoms with van der Waals surface area (Å²) in [6, 6.07) is 5.76. The fourth-order valence-corrected chi connectivity index (χ4v) is 6.30. The summed E-state index contributed by atoms with van der Waals surface area (Å²) in [6.07, 6.45) is 9.93. The normalized spacial score (nSPS) is 13.3. The van der Waals surface area contributed by atoms with Crippen molar-refractivity contribution in [2.24, 2.45) is 10.7 Å². The SMILES string of the molecule is CCCN(OCCOCCOCCOCCOCCOCCOCCOCCOCCOCCOCCOCCNC(=O)CN1C(=O)C=CC1=O)C(=O)C1=Cc2ccc(-c3cncnc3)cc2N=C(N)C1. The van der Waals surface area contributed by atoms with Gasteiger partial charge in [0.15, 0.2) is 0 Å². The molecule has 0 saturated carbocycles. The first-order chi connectivity index (χ1) is 34.9. The van der Waals surface area contributed by atoms with Crippen molar-refractivity contribution in [2.75, 3.05) is 172 Å². The molecule has 1 aromatic heterocycles. The number of carbonyl (C=O) groups excluding carboxylic acids is 4. The minimum Gasteiger partial charge on any atom is -0.387 e. The zero-order chi connectivity index (χ0) is 50.4. The molecule has 2 aliphatic rings. The Balaban J connectivity index is 0.821. The van der Waals surface area contributed by atoms with E-state index in [0.29, 0.717) is 162 Å².